The molecule has 1 aliphatic rings. The summed E-state index contributed by atoms with van der Waals surface area (Å²) in [7, 11) is 0. The summed E-state index contributed by atoms with van der Waals surface area (Å²) >= 11 is 0. The summed E-state index contributed by atoms with van der Waals surface area (Å²) in [6.45, 7) is 6.15. The second kappa shape index (κ2) is 6.44. The van der Waals surface area contributed by atoms with Crippen LogP contribution >= 0.6 is 0 Å². The van der Waals surface area contributed by atoms with Crippen LogP contribution in [0.3, 0.4) is 0 Å². The van der Waals surface area contributed by atoms with Crippen LogP contribution in [-0.2, 0) is 0 Å². The van der Waals surface area contributed by atoms with Crippen LogP contribution in [0.4, 0.5) is 0 Å². The molecule has 0 spiro atoms. The molecular formula is C13H20N4O. The molecule has 0 radical (unpaired) electrons. The van der Waals surface area contributed by atoms with E-state index in [4.69, 9.17) is 0 Å². The summed E-state index contributed by atoms with van der Waals surface area (Å²) in [5, 5.41) is 2.88. The molecule has 5 nitrogen and oxygen atoms in total. The molecule has 5 heteroatoms. The lowest BCUT2D eigenvalue weighted by Gasteiger charge is -2.30. The van der Waals surface area contributed by atoms with E-state index < -0.39 is 0 Å². The topological polar surface area (TPSA) is 58.1 Å². The number of rotatable bonds is 4. The summed E-state index contributed by atoms with van der Waals surface area (Å²) in [6.07, 6.45) is 7.16. The Morgan fingerprint density at radius 2 is 2.44 bits per heavy atom. The summed E-state index contributed by atoms with van der Waals surface area (Å²) < 4.78 is 0. The van der Waals surface area contributed by atoms with Crippen LogP contribution in [-0.4, -0.2) is 47.0 Å². The van der Waals surface area contributed by atoms with Crippen LogP contribution in [0.1, 0.15) is 30.3 Å². The molecule has 1 atom stereocenters. The minimum Gasteiger partial charge on any atom is -0.349 e. The second-order valence-corrected chi connectivity index (χ2v) is 4.89. The van der Waals surface area contributed by atoms with Crippen molar-refractivity contribution in [3.05, 3.63) is 24.3 Å². The van der Waals surface area contributed by atoms with Crippen molar-refractivity contribution in [3.8, 4) is 0 Å². The van der Waals surface area contributed by atoms with Crippen molar-refractivity contribution in [2.45, 2.75) is 19.8 Å². The first kappa shape index (κ1) is 13.0. The molecule has 0 aliphatic carbocycles. The van der Waals surface area contributed by atoms with Gasteiger partial charge in [0.1, 0.15) is 5.69 Å². The first-order valence-electron chi connectivity index (χ1n) is 6.52. The molecule has 98 valence electrons. The third-order valence-electron chi connectivity index (χ3n) is 3.25. The fraction of sp³-hybridized carbons (Fsp3) is 0.615. The van der Waals surface area contributed by atoms with Gasteiger partial charge in [-0.3, -0.25) is 9.78 Å². The van der Waals surface area contributed by atoms with E-state index in [2.05, 4.69) is 27.1 Å². The molecule has 0 saturated carbocycles. The number of carbonyl (C=O) groups excluding carboxylic acids is 1. The van der Waals surface area contributed by atoms with E-state index in [-0.39, 0.29) is 5.91 Å². The van der Waals surface area contributed by atoms with E-state index in [9.17, 15) is 4.79 Å². The zero-order valence-electron chi connectivity index (χ0n) is 10.8. The maximum Gasteiger partial charge on any atom is 0.271 e. The van der Waals surface area contributed by atoms with E-state index in [1.807, 2.05) is 0 Å². The Labute approximate surface area is 108 Å². The van der Waals surface area contributed by atoms with Crippen molar-refractivity contribution in [2.75, 3.05) is 26.2 Å². The van der Waals surface area contributed by atoms with E-state index in [0.717, 1.165) is 25.6 Å². The Morgan fingerprint density at radius 1 is 1.56 bits per heavy atom. The van der Waals surface area contributed by atoms with Crippen LogP contribution in [0.5, 0.6) is 0 Å². The fourth-order valence-corrected chi connectivity index (χ4v) is 2.32. The smallest absolute Gasteiger partial charge is 0.271 e. The number of hydrogen-bond acceptors (Lipinski definition) is 4. The van der Waals surface area contributed by atoms with Crippen LogP contribution in [0.15, 0.2) is 18.6 Å². The zero-order chi connectivity index (χ0) is 12.8. The van der Waals surface area contributed by atoms with E-state index in [1.54, 1.807) is 6.20 Å². The molecule has 1 N–H and O–H groups in total. The second-order valence-electron chi connectivity index (χ2n) is 4.89. The Kier molecular flexibility index (Phi) is 4.64. The van der Waals surface area contributed by atoms with Crippen LogP contribution in [0, 0.1) is 5.92 Å². The maximum absolute atomic E-state index is 11.7. The van der Waals surface area contributed by atoms with Crippen LogP contribution in [0.2, 0.25) is 0 Å². The predicted molar refractivity (Wildman–Crippen MR) is 69.2 cm³/mol. The molecule has 0 aromatic carbocycles. The SMILES string of the molecule is C[C@@H]1CCCN(CCNC(=O)c2cnccn2)C1. The summed E-state index contributed by atoms with van der Waals surface area (Å²) in [4.78, 5) is 22.0. The molecular weight excluding hydrogens is 228 g/mol. The number of carbonyl (C=O) groups is 1. The highest BCUT2D eigenvalue weighted by atomic mass is 16.1. The number of amides is 1. The standard InChI is InChI=1S/C13H20N4O/c1-11-3-2-7-17(10-11)8-6-16-13(18)12-9-14-4-5-15-12/h4-5,9,11H,2-3,6-8,10H2,1H3,(H,16,18)/t11-/m1/s1. The van der Waals surface area contributed by atoms with Gasteiger partial charge in [0.25, 0.3) is 5.91 Å². The van der Waals surface area contributed by atoms with Gasteiger partial charge in [-0.15, -0.1) is 0 Å². The number of nitrogens with zero attached hydrogens (tertiary/aromatic N) is 3. The highest BCUT2D eigenvalue weighted by Gasteiger charge is 2.15. The molecule has 1 saturated heterocycles. The van der Waals surface area contributed by atoms with Crippen molar-refractivity contribution in [2.24, 2.45) is 5.92 Å². The normalized spacial score (nSPS) is 20.6. The zero-order valence-corrected chi connectivity index (χ0v) is 10.8. The first-order chi connectivity index (χ1) is 8.75. The minimum atomic E-state index is -0.145. The Morgan fingerprint density at radius 3 is 3.17 bits per heavy atom. The van der Waals surface area contributed by atoms with Crippen molar-refractivity contribution < 1.29 is 4.79 Å². The monoisotopic (exact) mass is 248 g/mol. The average Bonchev–Trinajstić information content (AvgIpc) is 2.40. The molecule has 1 fully saturated rings. The fourth-order valence-electron chi connectivity index (χ4n) is 2.32. The van der Waals surface area contributed by atoms with Gasteiger partial charge in [-0.2, -0.15) is 0 Å². The van der Waals surface area contributed by atoms with E-state index in [1.165, 1.54) is 25.2 Å². The molecule has 18 heavy (non-hydrogen) atoms. The molecule has 0 bridgehead atoms. The van der Waals surface area contributed by atoms with Gasteiger partial charge in [-0.1, -0.05) is 6.92 Å². The molecule has 2 rings (SSSR count). The van der Waals surface area contributed by atoms with Crippen molar-refractivity contribution >= 4 is 5.91 Å². The van der Waals surface area contributed by atoms with Gasteiger partial charge in [0.05, 0.1) is 6.20 Å². The van der Waals surface area contributed by atoms with Crippen LogP contribution < -0.4 is 5.32 Å². The Bertz CT molecular complexity index is 382. The lowest BCUT2D eigenvalue weighted by atomic mass is 10.0. The van der Waals surface area contributed by atoms with Crippen LogP contribution in [0.25, 0.3) is 0 Å². The summed E-state index contributed by atoms with van der Waals surface area (Å²) in [5.74, 6) is 0.627. The van der Waals surface area contributed by atoms with E-state index >= 15 is 0 Å². The third-order valence-corrected chi connectivity index (χ3v) is 3.25. The van der Waals surface area contributed by atoms with Gasteiger partial charge in [-0.05, 0) is 25.3 Å². The summed E-state index contributed by atoms with van der Waals surface area (Å²) in [5.41, 5.74) is 0.379. The van der Waals surface area contributed by atoms with Gasteiger partial charge in [-0.25, -0.2) is 4.98 Å². The third kappa shape index (κ3) is 3.77. The number of aromatic nitrogens is 2. The van der Waals surface area contributed by atoms with Crippen molar-refractivity contribution in [3.63, 3.8) is 0 Å². The molecule has 1 aromatic rings. The lowest BCUT2D eigenvalue weighted by Crippen LogP contribution is -2.40. The molecule has 1 amide bonds. The van der Waals surface area contributed by atoms with Crippen molar-refractivity contribution in [1.29, 1.82) is 0 Å². The minimum absolute atomic E-state index is 0.145. The van der Waals surface area contributed by atoms with Gasteiger partial charge < -0.3 is 10.2 Å². The molecule has 0 unspecified atom stereocenters. The van der Waals surface area contributed by atoms with Gasteiger partial charge in [0, 0.05) is 32.0 Å². The van der Waals surface area contributed by atoms with Gasteiger partial charge >= 0.3 is 0 Å². The summed E-state index contributed by atoms with van der Waals surface area (Å²) in [6, 6.07) is 0. The first-order valence-corrected chi connectivity index (χ1v) is 6.52. The highest BCUT2D eigenvalue weighted by Crippen LogP contribution is 2.14. The highest BCUT2D eigenvalue weighted by molar-refractivity contribution is 5.91. The van der Waals surface area contributed by atoms with Crippen molar-refractivity contribution in [1.82, 2.24) is 20.2 Å². The maximum atomic E-state index is 11.7. The van der Waals surface area contributed by atoms with E-state index in [0.29, 0.717) is 12.2 Å². The lowest BCUT2D eigenvalue weighted by molar-refractivity contribution is 0.0938. The quantitative estimate of drug-likeness (QED) is 0.861. The van der Waals surface area contributed by atoms with Gasteiger partial charge in [0.2, 0.25) is 0 Å². The number of piperidine rings is 1. The number of nitrogens with one attached hydrogen (secondary N) is 1. The Hall–Kier alpha value is -1.49. The Balaban J connectivity index is 1.70. The largest absolute Gasteiger partial charge is 0.349 e. The molecule has 2 heterocycles. The number of likely N-dealkylation sites (tertiary alicyclic amines) is 1. The predicted octanol–water partition coefficient (Wildman–Crippen LogP) is 0.938. The molecule has 1 aromatic heterocycles. The number of hydrogen-bond donors (Lipinski definition) is 1. The van der Waals surface area contributed by atoms with Gasteiger partial charge in [0.15, 0.2) is 0 Å². The average molecular weight is 248 g/mol. The molecule has 1 aliphatic heterocycles.